The molecule has 1 aromatic carbocycles. The highest BCUT2D eigenvalue weighted by atomic mass is 14.8. The van der Waals surface area contributed by atoms with Crippen LogP contribution in [0.4, 0.5) is 0 Å². The van der Waals surface area contributed by atoms with Crippen LogP contribution < -0.4 is 0 Å². The van der Waals surface area contributed by atoms with Crippen LogP contribution in [0.15, 0.2) is 30.6 Å². The lowest BCUT2D eigenvalue weighted by Crippen LogP contribution is -1.85. The van der Waals surface area contributed by atoms with Crippen LogP contribution in [0, 0.1) is 6.92 Å². The van der Waals surface area contributed by atoms with Crippen molar-refractivity contribution in [2.45, 2.75) is 6.92 Å². The summed E-state index contributed by atoms with van der Waals surface area (Å²) < 4.78 is 0. The maximum absolute atomic E-state index is 4.13. The number of para-hydroxylation sites is 1. The fourth-order valence-corrected chi connectivity index (χ4v) is 1.14. The average molecular weight is 144 g/mol. The maximum Gasteiger partial charge on any atom is 0.116 e. The Hall–Kier alpha value is -1.44. The largest absolute Gasteiger partial charge is 0.241 e. The minimum absolute atomic E-state index is 1.01. The molecule has 0 amide bonds. The van der Waals surface area contributed by atoms with Crippen molar-refractivity contribution in [1.29, 1.82) is 0 Å². The van der Waals surface area contributed by atoms with Gasteiger partial charge in [-0.05, 0) is 13.0 Å². The Bertz CT molecular complexity index is 377. The molecule has 0 bridgehead atoms. The molecule has 2 nitrogen and oxygen atoms in total. The summed E-state index contributed by atoms with van der Waals surface area (Å²) in [6.45, 7) is 1.99. The van der Waals surface area contributed by atoms with Gasteiger partial charge in [-0.2, -0.15) is 0 Å². The molecule has 2 aromatic rings. The Morgan fingerprint density at radius 3 is 2.73 bits per heavy atom. The maximum atomic E-state index is 4.13. The first-order valence-electron chi connectivity index (χ1n) is 3.54. The summed E-state index contributed by atoms with van der Waals surface area (Å²) in [6.07, 6.45) is 1.59. The number of aryl methyl sites for hydroxylation is 1. The number of benzene rings is 1. The Balaban J connectivity index is 2.91. The summed E-state index contributed by atoms with van der Waals surface area (Å²) in [5, 5.41) is 1.13. The molecule has 1 aromatic heterocycles. The van der Waals surface area contributed by atoms with E-state index in [4.69, 9.17) is 0 Å². The third-order valence-electron chi connectivity index (χ3n) is 1.74. The lowest BCUT2D eigenvalue weighted by molar-refractivity contribution is 1.15. The van der Waals surface area contributed by atoms with Crippen LogP contribution in [0.1, 0.15) is 5.69 Å². The van der Waals surface area contributed by atoms with Crippen LogP contribution in [0.2, 0.25) is 0 Å². The van der Waals surface area contributed by atoms with Crippen LogP contribution in [-0.4, -0.2) is 9.97 Å². The Kier molecular flexibility index (Phi) is 1.32. The molecule has 0 saturated heterocycles. The quantitative estimate of drug-likeness (QED) is 0.564. The minimum Gasteiger partial charge on any atom is -0.241 e. The smallest absolute Gasteiger partial charge is 0.116 e. The molecule has 0 saturated carbocycles. The summed E-state index contributed by atoms with van der Waals surface area (Å²) in [5.74, 6) is 0. The van der Waals surface area contributed by atoms with E-state index in [0.717, 1.165) is 16.6 Å². The molecule has 0 radical (unpaired) electrons. The summed E-state index contributed by atoms with van der Waals surface area (Å²) in [4.78, 5) is 8.23. The van der Waals surface area contributed by atoms with Gasteiger partial charge in [0.15, 0.2) is 0 Å². The van der Waals surface area contributed by atoms with Gasteiger partial charge in [0, 0.05) is 11.1 Å². The molecule has 0 aliphatic carbocycles. The number of fused-ring (bicyclic) bond motifs is 1. The summed E-state index contributed by atoms with van der Waals surface area (Å²) in [5.41, 5.74) is 2.05. The van der Waals surface area contributed by atoms with E-state index in [2.05, 4.69) is 9.97 Å². The number of hydrogen-bond donors (Lipinski definition) is 0. The highest BCUT2D eigenvalue weighted by Gasteiger charge is 1.94. The predicted molar refractivity (Wildman–Crippen MR) is 44.3 cm³/mol. The molecule has 0 spiro atoms. The SMILES string of the molecule is Cc1ncnc2ccccc12. The topological polar surface area (TPSA) is 25.8 Å². The van der Waals surface area contributed by atoms with Gasteiger partial charge in [-0.15, -0.1) is 0 Å². The number of hydrogen-bond acceptors (Lipinski definition) is 2. The fourth-order valence-electron chi connectivity index (χ4n) is 1.14. The monoisotopic (exact) mass is 144 g/mol. The van der Waals surface area contributed by atoms with Crippen molar-refractivity contribution in [3.05, 3.63) is 36.3 Å². The zero-order valence-corrected chi connectivity index (χ0v) is 6.28. The van der Waals surface area contributed by atoms with Gasteiger partial charge in [0.05, 0.1) is 5.52 Å². The van der Waals surface area contributed by atoms with Crippen LogP contribution in [-0.2, 0) is 0 Å². The molecule has 0 fully saturated rings. The third-order valence-corrected chi connectivity index (χ3v) is 1.74. The Morgan fingerprint density at radius 1 is 1.09 bits per heavy atom. The molecule has 2 heteroatoms. The van der Waals surface area contributed by atoms with Gasteiger partial charge in [0.2, 0.25) is 0 Å². The second-order valence-corrected chi connectivity index (χ2v) is 2.48. The first kappa shape index (κ1) is 6.28. The van der Waals surface area contributed by atoms with Crippen LogP contribution in [0.5, 0.6) is 0 Å². The molecular weight excluding hydrogens is 136 g/mol. The number of rotatable bonds is 0. The molecular formula is C9H8N2. The zero-order chi connectivity index (χ0) is 7.68. The van der Waals surface area contributed by atoms with Gasteiger partial charge in [-0.1, -0.05) is 18.2 Å². The van der Waals surface area contributed by atoms with Crippen LogP contribution >= 0.6 is 0 Å². The number of aromatic nitrogens is 2. The molecule has 11 heavy (non-hydrogen) atoms. The van der Waals surface area contributed by atoms with E-state index in [0.29, 0.717) is 0 Å². The highest BCUT2D eigenvalue weighted by molar-refractivity contribution is 5.80. The highest BCUT2D eigenvalue weighted by Crippen LogP contribution is 2.11. The van der Waals surface area contributed by atoms with Gasteiger partial charge in [-0.25, -0.2) is 9.97 Å². The third kappa shape index (κ3) is 0.963. The van der Waals surface area contributed by atoms with E-state index >= 15 is 0 Å². The van der Waals surface area contributed by atoms with Crippen molar-refractivity contribution in [3.8, 4) is 0 Å². The van der Waals surface area contributed by atoms with Crippen LogP contribution in [0.25, 0.3) is 10.9 Å². The zero-order valence-electron chi connectivity index (χ0n) is 6.28. The van der Waals surface area contributed by atoms with Gasteiger partial charge in [-0.3, -0.25) is 0 Å². The molecule has 0 N–H and O–H groups in total. The molecule has 0 atom stereocenters. The molecule has 1 heterocycles. The second kappa shape index (κ2) is 2.31. The summed E-state index contributed by atoms with van der Waals surface area (Å²) in [7, 11) is 0. The molecule has 2 rings (SSSR count). The second-order valence-electron chi connectivity index (χ2n) is 2.48. The molecule has 54 valence electrons. The van der Waals surface area contributed by atoms with Gasteiger partial charge in [0.25, 0.3) is 0 Å². The van der Waals surface area contributed by atoms with Crippen molar-refractivity contribution >= 4 is 10.9 Å². The summed E-state index contributed by atoms with van der Waals surface area (Å²) in [6, 6.07) is 8.00. The first-order chi connectivity index (χ1) is 5.38. The fraction of sp³-hybridized carbons (Fsp3) is 0.111. The standard InChI is InChI=1S/C9H8N2/c1-7-8-4-2-3-5-9(8)11-6-10-7/h2-6H,1H3. The van der Waals surface area contributed by atoms with E-state index in [1.165, 1.54) is 0 Å². The van der Waals surface area contributed by atoms with Crippen molar-refractivity contribution < 1.29 is 0 Å². The molecule has 0 aliphatic heterocycles. The van der Waals surface area contributed by atoms with E-state index in [9.17, 15) is 0 Å². The van der Waals surface area contributed by atoms with E-state index in [-0.39, 0.29) is 0 Å². The van der Waals surface area contributed by atoms with Gasteiger partial charge < -0.3 is 0 Å². The van der Waals surface area contributed by atoms with Crippen molar-refractivity contribution in [2.75, 3.05) is 0 Å². The Morgan fingerprint density at radius 2 is 1.91 bits per heavy atom. The van der Waals surface area contributed by atoms with Crippen molar-refractivity contribution in [2.24, 2.45) is 0 Å². The lowest BCUT2D eigenvalue weighted by atomic mass is 10.2. The van der Waals surface area contributed by atoms with E-state index < -0.39 is 0 Å². The number of nitrogens with zero attached hydrogens (tertiary/aromatic N) is 2. The average Bonchev–Trinajstić information content (AvgIpc) is 2.06. The van der Waals surface area contributed by atoms with Crippen molar-refractivity contribution in [3.63, 3.8) is 0 Å². The van der Waals surface area contributed by atoms with Gasteiger partial charge >= 0.3 is 0 Å². The predicted octanol–water partition coefficient (Wildman–Crippen LogP) is 1.94. The van der Waals surface area contributed by atoms with E-state index in [1.54, 1.807) is 6.33 Å². The van der Waals surface area contributed by atoms with Crippen LogP contribution in [0.3, 0.4) is 0 Å². The Labute approximate surface area is 64.9 Å². The lowest BCUT2D eigenvalue weighted by Gasteiger charge is -1.96. The molecule has 0 aliphatic rings. The minimum atomic E-state index is 1.01. The first-order valence-corrected chi connectivity index (χ1v) is 3.54. The normalized spacial score (nSPS) is 10.3. The van der Waals surface area contributed by atoms with Gasteiger partial charge in [0.1, 0.15) is 6.33 Å². The van der Waals surface area contributed by atoms with E-state index in [1.807, 2.05) is 31.2 Å². The summed E-state index contributed by atoms with van der Waals surface area (Å²) >= 11 is 0. The molecule has 0 unspecified atom stereocenters. The van der Waals surface area contributed by atoms with Crippen molar-refractivity contribution in [1.82, 2.24) is 9.97 Å².